The SMILES string of the molecule is [2H]C([2H])([2H])/C=C\c1ccc(C)cc1. The highest BCUT2D eigenvalue weighted by Gasteiger charge is 1.83. The van der Waals surface area contributed by atoms with Gasteiger partial charge in [-0.2, -0.15) is 0 Å². The van der Waals surface area contributed by atoms with Crippen LogP contribution >= 0.6 is 0 Å². The van der Waals surface area contributed by atoms with Crippen LogP contribution in [0.5, 0.6) is 0 Å². The smallest absolute Gasteiger partial charge is 0.0273 e. The molecule has 0 saturated carbocycles. The molecule has 0 aromatic heterocycles. The standard InChI is InChI=1S/C10H12/c1-3-4-10-7-5-9(2)6-8-10/h3-8H,1-2H3/b4-3-/i1D3. The molecule has 0 N–H and O–H groups in total. The molecule has 1 aromatic rings. The number of hydrogen-bond donors (Lipinski definition) is 0. The summed E-state index contributed by atoms with van der Waals surface area (Å²) in [5, 5.41) is 0. The fourth-order valence-electron chi connectivity index (χ4n) is 0.774. The number of aryl methyl sites for hydroxylation is 1. The fourth-order valence-corrected chi connectivity index (χ4v) is 0.774. The van der Waals surface area contributed by atoms with Crippen molar-refractivity contribution in [3.05, 3.63) is 41.5 Å². The monoisotopic (exact) mass is 135 g/mol. The van der Waals surface area contributed by atoms with E-state index in [0.29, 0.717) is 0 Å². The molecule has 1 rings (SSSR count). The Morgan fingerprint density at radius 1 is 1.30 bits per heavy atom. The maximum atomic E-state index is 6.97. The Hall–Kier alpha value is -1.04. The van der Waals surface area contributed by atoms with Crippen molar-refractivity contribution in [1.29, 1.82) is 0 Å². The van der Waals surface area contributed by atoms with Gasteiger partial charge in [0.15, 0.2) is 0 Å². The minimum atomic E-state index is -1.98. The lowest BCUT2D eigenvalue weighted by Gasteiger charge is -1.92. The second-order valence-corrected chi connectivity index (χ2v) is 2.24. The molecule has 0 bridgehead atoms. The Balaban J connectivity index is 2.75. The van der Waals surface area contributed by atoms with Crippen LogP contribution in [-0.4, -0.2) is 0 Å². The molecular weight excluding hydrogens is 120 g/mol. The second kappa shape index (κ2) is 3.21. The molecule has 0 fully saturated rings. The van der Waals surface area contributed by atoms with Crippen LogP contribution < -0.4 is 0 Å². The number of benzene rings is 1. The molecule has 0 atom stereocenters. The zero-order chi connectivity index (χ0) is 9.90. The van der Waals surface area contributed by atoms with Crippen molar-refractivity contribution in [2.45, 2.75) is 13.8 Å². The lowest BCUT2D eigenvalue weighted by atomic mass is 10.1. The quantitative estimate of drug-likeness (QED) is 0.555. The molecule has 0 aliphatic heterocycles. The highest BCUT2D eigenvalue weighted by Crippen LogP contribution is 2.04. The van der Waals surface area contributed by atoms with E-state index in [1.54, 1.807) is 6.08 Å². The Morgan fingerprint density at radius 2 is 2.00 bits per heavy atom. The normalized spacial score (nSPS) is 16.3. The van der Waals surface area contributed by atoms with Gasteiger partial charge in [0.05, 0.1) is 0 Å². The summed E-state index contributed by atoms with van der Waals surface area (Å²) in [6, 6.07) is 7.72. The third kappa shape index (κ3) is 1.73. The van der Waals surface area contributed by atoms with Crippen molar-refractivity contribution in [2.75, 3.05) is 0 Å². The Bertz CT molecular complexity index is 293. The van der Waals surface area contributed by atoms with Crippen LogP contribution in [0.15, 0.2) is 30.3 Å². The van der Waals surface area contributed by atoms with E-state index in [2.05, 4.69) is 0 Å². The van der Waals surface area contributed by atoms with E-state index in [0.717, 1.165) is 5.56 Å². The van der Waals surface area contributed by atoms with Gasteiger partial charge < -0.3 is 0 Å². The van der Waals surface area contributed by atoms with E-state index in [9.17, 15) is 0 Å². The molecule has 1 aromatic carbocycles. The van der Waals surface area contributed by atoms with E-state index in [1.807, 2.05) is 31.2 Å². The predicted molar refractivity (Wildman–Crippen MR) is 45.9 cm³/mol. The molecule has 0 heteroatoms. The van der Waals surface area contributed by atoms with Crippen molar-refractivity contribution < 1.29 is 4.11 Å². The van der Waals surface area contributed by atoms with E-state index in [1.165, 1.54) is 11.6 Å². The Kier molecular flexibility index (Phi) is 1.27. The van der Waals surface area contributed by atoms with Gasteiger partial charge in [0.1, 0.15) is 0 Å². The second-order valence-electron chi connectivity index (χ2n) is 2.24. The molecule has 0 unspecified atom stereocenters. The molecule has 0 nitrogen and oxygen atoms in total. The molecule has 52 valence electrons. The highest BCUT2D eigenvalue weighted by atomic mass is 13.9. The number of hydrogen-bond acceptors (Lipinski definition) is 0. The minimum Gasteiger partial charge on any atom is -0.0871 e. The van der Waals surface area contributed by atoms with Crippen LogP contribution in [0.4, 0.5) is 0 Å². The van der Waals surface area contributed by atoms with Gasteiger partial charge in [-0.15, -0.1) is 0 Å². The minimum absolute atomic E-state index is 0.918. The van der Waals surface area contributed by atoms with E-state index in [4.69, 9.17) is 4.11 Å². The predicted octanol–water partition coefficient (Wildman–Crippen LogP) is 3.03. The molecule has 0 amide bonds. The summed E-state index contributed by atoms with van der Waals surface area (Å²) in [5.74, 6) is 0. The van der Waals surface area contributed by atoms with Crippen LogP contribution in [0, 0.1) is 6.92 Å². The molecule has 0 aliphatic carbocycles. The summed E-state index contributed by atoms with van der Waals surface area (Å²) in [6.07, 6.45) is 2.85. The van der Waals surface area contributed by atoms with E-state index >= 15 is 0 Å². The van der Waals surface area contributed by atoms with Crippen LogP contribution in [0.2, 0.25) is 0 Å². The highest BCUT2D eigenvalue weighted by molar-refractivity contribution is 5.48. The van der Waals surface area contributed by atoms with Crippen molar-refractivity contribution >= 4 is 6.08 Å². The molecular formula is C10H12. The van der Waals surface area contributed by atoms with Gasteiger partial charge in [-0.3, -0.25) is 0 Å². The molecule has 0 saturated heterocycles. The topological polar surface area (TPSA) is 0 Å². The number of rotatable bonds is 1. The maximum absolute atomic E-state index is 6.97. The summed E-state index contributed by atoms with van der Waals surface area (Å²) in [6.45, 7) is 0.0160. The van der Waals surface area contributed by atoms with Gasteiger partial charge in [-0.05, 0) is 19.3 Å². The summed E-state index contributed by atoms with van der Waals surface area (Å²) in [7, 11) is 0. The summed E-state index contributed by atoms with van der Waals surface area (Å²) in [5.41, 5.74) is 2.09. The molecule has 0 aliphatic rings. The lowest BCUT2D eigenvalue weighted by molar-refractivity contribution is 1.46. The number of allylic oxidation sites excluding steroid dienone is 1. The van der Waals surface area contributed by atoms with Crippen LogP contribution in [0.1, 0.15) is 22.1 Å². The van der Waals surface area contributed by atoms with Gasteiger partial charge in [-0.25, -0.2) is 0 Å². The zero-order valence-electron chi connectivity index (χ0n) is 8.96. The first-order chi connectivity index (χ1) is 5.97. The van der Waals surface area contributed by atoms with Crippen molar-refractivity contribution in [2.24, 2.45) is 0 Å². The molecule has 10 heavy (non-hydrogen) atoms. The fraction of sp³-hybridized carbons (Fsp3) is 0.200. The maximum Gasteiger partial charge on any atom is 0.0273 e. The lowest BCUT2D eigenvalue weighted by Crippen LogP contribution is -1.71. The summed E-state index contributed by atoms with van der Waals surface area (Å²) < 4.78 is 20.9. The van der Waals surface area contributed by atoms with Crippen LogP contribution in [0.25, 0.3) is 6.08 Å². The van der Waals surface area contributed by atoms with Crippen LogP contribution in [-0.2, 0) is 0 Å². The molecule has 0 radical (unpaired) electrons. The first kappa shape index (κ1) is 3.97. The van der Waals surface area contributed by atoms with Gasteiger partial charge in [0.2, 0.25) is 0 Å². The van der Waals surface area contributed by atoms with E-state index < -0.39 is 6.85 Å². The molecule has 0 heterocycles. The summed E-state index contributed by atoms with van der Waals surface area (Å²) in [4.78, 5) is 0. The average molecular weight is 135 g/mol. The van der Waals surface area contributed by atoms with Gasteiger partial charge >= 0.3 is 0 Å². The van der Waals surface area contributed by atoms with Gasteiger partial charge in [0, 0.05) is 4.11 Å². The summed E-state index contributed by atoms with van der Waals surface area (Å²) >= 11 is 0. The van der Waals surface area contributed by atoms with Crippen molar-refractivity contribution in [3.63, 3.8) is 0 Å². The van der Waals surface area contributed by atoms with E-state index in [-0.39, 0.29) is 0 Å². The first-order valence-electron chi connectivity index (χ1n) is 4.73. The van der Waals surface area contributed by atoms with Crippen molar-refractivity contribution in [3.8, 4) is 0 Å². The molecule has 0 spiro atoms. The first-order valence-corrected chi connectivity index (χ1v) is 3.23. The van der Waals surface area contributed by atoms with Crippen LogP contribution in [0.3, 0.4) is 0 Å². The third-order valence-electron chi connectivity index (χ3n) is 1.35. The largest absolute Gasteiger partial charge is 0.0871 e. The van der Waals surface area contributed by atoms with Gasteiger partial charge in [0.25, 0.3) is 0 Å². The third-order valence-corrected chi connectivity index (χ3v) is 1.35. The average Bonchev–Trinajstić information content (AvgIpc) is 2.02. The Labute approximate surface area is 66.4 Å². The van der Waals surface area contributed by atoms with Gasteiger partial charge in [-0.1, -0.05) is 42.0 Å². The zero-order valence-corrected chi connectivity index (χ0v) is 5.96. The Morgan fingerprint density at radius 3 is 2.60 bits per heavy atom. The van der Waals surface area contributed by atoms with Crippen molar-refractivity contribution in [1.82, 2.24) is 0 Å².